The third-order valence-electron chi connectivity index (χ3n) is 8.12. The van der Waals surface area contributed by atoms with E-state index in [9.17, 15) is 18.3 Å². The zero-order chi connectivity index (χ0) is 25.7. The minimum Gasteiger partial charge on any atom is -0.377 e. The van der Waals surface area contributed by atoms with Gasteiger partial charge in [-0.15, -0.1) is 0 Å². The monoisotopic (exact) mass is 524 g/mol. The molecule has 2 N–H and O–H groups in total. The minimum absolute atomic E-state index is 0.0159. The van der Waals surface area contributed by atoms with Crippen LogP contribution in [0, 0.1) is 5.92 Å². The summed E-state index contributed by atoms with van der Waals surface area (Å²) in [6.07, 6.45) is -2.15. The lowest BCUT2D eigenvalue weighted by molar-refractivity contribution is -0.193. The highest BCUT2D eigenvalue weighted by Crippen LogP contribution is 2.41. The second-order valence-corrected chi connectivity index (χ2v) is 12.0. The summed E-state index contributed by atoms with van der Waals surface area (Å²) in [6.45, 7) is 6.53. The second-order valence-electron chi connectivity index (χ2n) is 10.9. The van der Waals surface area contributed by atoms with E-state index in [1.54, 1.807) is 12.1 Å². The summed E-state index contributed by atoms with van der Waals surface area (Å²) in [5.41, 5.74) is -0.452. The lowest BCUT2D eigenvalue weighted by atomic mass is 9.88. The summed E-state index contributed by atoms with van der Waals surface area (Å²) < 4.78 is 40.3. The van der Waals surface area contributed by atoms with Crippen LogP contribution in [0.5, 0.6) is 0 Å². The summed E-state index contributed by atoms with van der Waals surface area (Å²) in [5, 5.41) is 23.3. The first kappa shape index (κ1) is 27.8. The number of alkyl halides is 3. The molecule has 9 nitrogen and oxygen atoms in total. The van der Waals surface area contributed by atoms with Crippen molar-refractivity contribution in [3.63, 3.8) is 0 Å². The molecule has 4 rings (SSSR count). The van der Waals surface area contributed by atoms with E-state index in [2.05, 4.69) is 58.3 Å². The van der Waals surface area contributed by atoms with Crippen LogP contribution in [0.1, 0.15) is 26.2 Å². The van der Waals surface area contributed by atoms with Crippen LogP contribution in [-0.4, -0.2) is 149 Å². The number of hydrogen-bond donors (Lipinski definition) is 2. The van der Waals surface area contributed by atoms with Crippen LogP contribution < -0.4 is 5.32 Å². The van der Waals surface area contributed by atoms with Crippen LogP contribution in [0.4, 0.5) is 13.2 Å². The molecule has 0 spiro atoms. The Labute approximate surface area is 212 Å². The molecular formula is C22H43F3N8OS. The van der Waals surface area contributed by atoms with Gasteiger partial charge in [-0.25, -0.2) is 20.0 Å². The predicted octanol–water partition coefficient (Wildman–Crippen LogP) is 0.774. The van der Waals surface area contributed by atoms with Crippen molar-refractivity contribution in [2.75, 3.05) is 68.0 Å². The van der Waals surface area contributed by atoms with Gasteiger partial charge < -0.3 is 5.11 Å². The molecule has 4 saturated heterocycles. The third-order valence-corrected chi connectivity index (χ3v) is 9.64. The maximum Gasteiger partial charge on any atom is 0.414 e. The number of piperidine rings is 2. The molecule has 4 aliphatic heterocycles. The molecular weight excluding hydrogens is 481 g/mol. The van der Waals surface area contributed by atoms with Crippen molar-refractivity contribution in [2.45, 2.75) is 67.6 Å². The first-order chi connectivity index (χ1) is 16.4. The molecule has 0 bridgehead atoms. The van der Waals surface area contributed by atoms with Crippen LogP contribution in [0.3, 0.4) is 0 Å². The molecule has 0 aliphatic carbocycles. The molecule has 35 heavy (non-hydrogen) atoms. The average molecular weight is 525 g/mol. The number of hydrogen-bond acceptors (Lipinski definition) is 10. The largest absolute Gasteiger partial charge is 0.414 e. The molecule has 0 radical (unpaired) electrons. The van der Waals surface area contributed by atoms with E-state index in [1.807, 2.05) is 0 Å². The van der Waals surface area contributed by atoms with Crippen molar-refractivity contribution in [1.29, 1.82) is 0 Å². The van der Waals surface area contributed by atoms with E-state index >= 15 is 0 Å². The van der Waals surface area contributed by atoms with Crippen LogP contribution in [0.2, 0.25) is 0 Å². The standard InChI is InChI=1S/C22H43F3N8OS/c1-15-12-17(33-28(3)10-11-29(33)4)18(27(2)13-15)19(34)32-9-7-8-16(14-32)26-21-31(6)30(5)20(35-21)22(23,24)25/h15-21,26,34H,7-14H2,1-6H3. The fourth-order valence-electron chi connectivity index (χ4n) is 6.32. The molecule has 0 aromatic heterocycles. The number of likely N-dealkylation sites (N-methyl/N-ethyl adjacent to an activating group) is 3. The zero-order valence-corrected chi connectivity index (χ0v) is 22.6. The summed E-state index contributed by atoms with van der Waals surface area (Å²) in [4.78, 5) is 4.43. The van der Waals surface area contributed by atoms with Gasteiger partial charge in [0.25, 0.3) is 0 Å². The Morgan fingerprint density at radius 2 is 1.63 bits per heavy atom. The van der Waals surface area contributed by atoms with Gasteiger partial charge in [0.1, 0.15) is 11.7 Å². The van der Waals surface area contributed by atoms with E-state index in [1.165, 1.54) is 12.1 Å². The van der Waals surface area contributed by atoms with Gasteiger partial charge >= 0.3 is 6.18 Å². The van der Waals surface area contributed by atoms with Gasteiger partial charge in [0.2, 0.25) is 0 Å². The third kappa shape index (κ3) is 5.79. The zero-order valence-electron chi connectivity index (χ0n) is 21.8. The van der Waals surface area contributed by atoms with Crippen molar-refractivity contribution < 1.29 is 18.3 Å². The molecule has 0 saturated carbocycles. The van der Waals surface area contributed by atoms with E-state index in [0.717, 1.165) is 57.2 Å². The van der Waals surface area contributed by atoms with E-state index < -0.39 is 23.3 Å². The maximum atomic E-state index is 13.4. The van der Waals surface area contributed by atoms with Gasteiger partial charge in [0.15, 0.2) is 5.37 Å². The van der Waals surface area contributed by atoms with Gasteiger partial charge in [-0.1, -0.05) is 18.7 Å². The van der Waals surface area contributed by atoms with Gasteiger partial charge in [0.05, 0.1) is 12.1 Å². The quantitative estimate of drug-likeness (QED) is 0.540. The second kappa shape index (κ2) is 10.9. The number of aliphatic hydroxyl groups is 1. The minimum atomic E-state index is -4.29. The number of hydrazine groups is 3. The molecule has 7 unspecified atom stereocenters. The highest BCUT2D eigenvalue weighted by molar-refractivity contribution is 8.00. The molecule has 204 valence electrons. The number of nitrogens with zero attached hydrogens (tertiary/aromatic N) is 7. The Morgan fingerprint density at radius 1 is 0.971 bits per heavy atom. The van der Waals surface area contributed by atoms with Gasteiger partial charge in [-0.05, 0) is 32.2 Å². The molecule has 0 aromatic carbocycles. The molecule has 4 heterocycles. The predicted molar refractivity (Wildman–Crippen MR) is 132 cm³/mol. The van der Waals surface area contributed by atoms with Crippen molar-refractivity contribution in [3.8, 4) is 0 Å². The number of aliphatic hydroxyl groups excluding tert-OH is 1. The summed E-state index contributed by atoms with van der Waals surface area (Å²) in [6, 6.07) is 0.113. The highest BCUT2D eigenvalue weighted by Gasteiger charge is 2.52. The molecule has 0 amide bonds. The summed E-state index contributed by atoms with van der Waals surface area (Å²) in [5.74, 6) is 0.528. The fraction of sp³-hybridized carbons (Fsp3) is 1.00. The molecule has 4 fully saturated rings. The SMILES string of the molecule is CC1CC(N2N(C)CCN2C)C(C(O)N2CCCC(NC3SC(C(F)(F)F)N(C)N3C)C2)N(C)C1. The first-order valence-corrected chi connectivity index (χ1v) is 13.6. The van der Waals surface area contributed by atoms with Gasteiger partial charge in [-0.3, -0.25) is 15.1 Å². The van der Waals surface area contributed by atoms with Crippen LogP contribution >= 0.6 is 11.8 Å². The lowest BCUT2D eigenvalue weighted by Crippen LogP contribution is -2.68. The van der Waals surface area contributed by atoms with Crippen LogP contribution in [0.25, 0.3) is 0 Å². The number of nitrogens with one attached hydrogen (secondary N) is 1. The van der Waals surface area contributed by atoms with Crippen LogP contribution in [-0.2, 0) is 0 Å². The number of likely N-dealkylation sites (tertiary alicyclic amines) is 2. The summed E-state index contributed by atoms with van der Waals surface area (Å²) >= 11 is 0.892. The Hall–Kier alpha value is -0.220. The van der Waals surface area contributed by atoms with Crippen molar-refractivity contribution in [2.24, 2.45) is 5.92 Å². The average Bonchev–Trinajstić information content (AvgIpc) is 3.25. The van der Waals surface area contributed by atoms with Gasteiger partial charge in [0, 0.05) is 67.0 Å². The topological polar surface area (TPSA) is 54.9 Å². The fourth-order valence-corrected chi connectivity index (χ4v) is 7.64. The first-order valence-electron chi connectivity index (χ1n) is 12.7. The van der Waals surface area contributed by atoms with E-state index in [0.29, 0.717) is 12.5 Å². The molecule has 7 atom stereocenters. The maximum absolute atomic E-state index is 13.4. The highest BCUT2D eigenvalue weighted by atomic mass is 32.2. The Kier molecular flexibility index (Phi) is 8.64. The van der Waals surface area contributed by atoms with Crippen molar-refractivity contribution >= 4 is 11.8 Å². The van der Waals surface area contributed by atoms with E-state index in [-0.39, 0.29) is 18.1 Å². The lowest BCUT2D eigenvalue weighted by Gasteiger charge is -2.52. The Bertz CT molecular complexity index is 713. The Balaban J connectivity index is 1.43. The van der Waals surface area contributed by atoms with Crippen LogP contribution in [0.15, 0.2) is 0 Å². The summed E-state index contributed by atoms with van der Waals surface area (Å²) in [7, 11) is 9.49. The molecule has 13 heteroatoms. The van der Waals surface area contributed by atoms with E-state index in [4.69, 9.17) is 0 Å². The Morgan fingerprint density at radius 3 is 2.23 bits per heavy atom. The van der Waals surface area contributed by atoms with Gasteiger partial charge in [-0.2, -0.15) is 18.3 Å². The number of thioether (sulfide) groups is 1. The molecule has 0 aromatic rings. The number of rotatable bonds is 5. The smallest absolute Gasteiger partial charge is 0.377 e. The van der Waals surface area contributed by atoms with Crippen molar-refractivity contribution in [1.82, 2.24) is 40.3 Å². The number of halogens is 3. The van der Waals surface area contributed by atoms with Crippen molar-refractivity contribution in [3.05, 3.63) is 0 Å². The normalized spacial score (nSPS) is 39.6. The molecule has 4 aliphatic rings.